The molecule has 9 heteroatoms. The Morgan fingerprint density at radius 3 is 2.35 bits per heavy atom. The van der Waals surface area contributed by atoms with Gasteiger partial charge < -0.3 is 15.4 Å². The van der Waals surface area contributed by atoms with Gasteiger partial charge >= 0.3 is 6.03 Å². The number of hydrogen-bond donors (Lipinski definition) is 3. The van der Waals surface area contributed by atoms with Crippen molar-refractivity contribution in [1.82, 2.24) is 5.32 Å². The van der Waals surface area contributed by atoms with E-state index in [9.17, 15) is 18.8 Å². The summed E-state index contributed by atoms with van der Waals surface area (Å²) in [5, 5.41) is 7.24. The number of carbonyl (C=O) groups excluding carboxylic acids is 3. The number of hydrogen-bond acceptors (Lipinski definition) is 4. The van der Waals surface area contributed by atoms with Gasteiger partial charge in [-0.15, -0.1) is 0 Å². The van der Waals surface area contributed by atoms with Gasteiger partial charge in [0.25, 0.3) is 11.8 Å². The van der Waals surface area contributed by atoms with Gasteiger partial charge in [-0.25, -0.2) is 9.18 Å². The van der Waals surface area contributed by atoms with Crippen LogP contribution in [0.3, 0.4) is 0 Å². The Morgan fingerprint density at radius 2 is 1.61 bits per heavy atom. The minimum absolute atomic E-state index is 0.0775. The van der Waals surface area contributed by atoms with Gasteiger partial charge in [0.15, 0.2) is 6.61 Å². The largest absolute Gasteiger partial charge is 0.483 e. The van der Waals surface area contributed by atoms with Gasteiger partial charge in [-0.2, -0.15) is 0 Å². The third kappa shape index (κ3) is 6.28. The number of imide groups is 1. The molecule has 3 rings (SSSR count). The lowest BCUT2D eigenvalue weighted by Gasteiger charge is -2.12. The quantitative estimate of drug-likeness (QED) is 0.526. The van der Waals surface area contributed by atoms with Gasteiger partial charge in [0.05, 0.1) is 11.3 Å². The van der Waals surface area contributed by atoms with Gasteiger partial charge in [-0.3, -0.25) is 14.9 Å². The van der Waals surface area contributed by atoms with Crippen LogP contribution in [0.5, 0.6) is 5.75 Å². The summed E-state index contributed by atoms with van der Waals surface area (Å²) in [7, 11) is 0. The van der Waals surface area contributed by atoms with E-state index in [4.69, 9.17) is 16.3 Å². The monoisotopic (exact) mass is 441 g/mol. The first-order chi connectivity index (χ1) is 14.9. The Morgan fingerprint density at radius 1 is 0.903 bits per heavy atom. The molecule has 0 bridgehead atoms. The number of halogens is 2. The van der Waals surface area contributed by atoms with Crippen LogP contribution in [0.4, 0.5) is 20.6 Å². The lowest BCUT2D eigenvalue weighted by atomic mass is 10.2. The number of carbonyl (C=O) groups is 3. The number of ether oxygens (including phenoxy) is 1. The Labute approximate surface area is 182 Å². The van der Waals surface area contributed by atoms with Crippen molar-refractivity contribution in [2.24, 2.45) is 0 Å². The molecule has 0 unspecified atom stereocenters. The first-order valence-electron chi connectivity index (χ1n) is 9.06. The predicted octanol–water partition coefficient (Wildman–Crippen LogP) is 4.46. The first-order valence-corrected chi connectivity index (χ1v) is 9.44. The Kier molecular flexibility index (Phi) is 7.18. The Bertz CT molecular complexity index is 1110. The summed E-state index contributed by atoms with van der Waals surface area (Å²) in [6.07, 6.45) is 0. The molecular formula is C22H17ClFN3O4. The standard InChI is InChI=1S/C22H17ClFN3O4/c23-14-10-11-19(16(12-14)21(29)25-15-6-2-1-3-7-15)31-13-20(28)27-22(30)26-18-9-5-4-8-17(18)24/h1-12H,13H2,(H,25,29)(H2,26,27,28,30). The molecule has 0 atom stereocenters. The number of nitrogens with one attached hydrogen (secondary N) is 3. The Balaban J connectivity index is 1.60. The second-order valence-electron chi connectivity index (χ2n) is 6.23. The summed E-state index contributed by atoms with van der Waals surface area (Å²) >= 11 is 5.99. The molecule has 0 radical (unpaired) electrons. The molecule has 0 saturated heterocycles. The highest BCUT2D eigenvalue weighted by Crippen LogP contribution is 2.24. The van der Waals surface area contributed by atoms with Crippen molar-refractivity contribution in [1.29, 1.82) is 0 Å². The number of rotatable bonds is 6. The smallest absolute Gasteiger partial charge is 0.326 e. The summed E-state index contributed by atoms with van der Waals surface area (Å²) in [5.74, 6) is -1.82. The van der Waals surface area contributed by atoms with E-state index in [0.717, 1.165) is 0 Å². The van der Waals surface area contributed by atoms with Crippen LogP contribution in [0, 0.1) is 5.82 Å². The zero-order valence-corrected chi connectivity index (χ0v) is 16.8. The van der Waals surface area contributed by atoms with Gasteiger partial charge in [0.2, 0.25) is 0 Å². The molecule has 0 aliphatic carbocycles. The van der Waals surface area contributed by atoms with Crippen molar-refractivity contribution in [3.05, 3.63) is 89.2 Å². The molecule has 3 aromatic carbocycles. The van der Waals surface area contributed by atoms with E-state index in [2.05, 4.69) is 10.6 Å². The molecule has 3 aromatic rings. The van der Waals surface area contributed by atoms with Crippen LogP contribution in [-0.2, 0) is 4.79 Å². The Hall–Kier alpha value is -3.91. The van der Waals surface area contributed by atoms with Crippen molar-refractivity contribution in [3.8, 4) is 5.75 Å². The maximum Gasteiger partial charge on any atom is 0.326 e. The number of amides is 4. The summed E-state index contributed by atoms with van der Waals surface area (Å²) in [6, 6.07) is 17.7. The average molecular weight is 442 g/mol. The van der Waals surface area contributed by atoms with Crippen LogP contribution >= 0.6 is 11.6 Å². The van der Waals surface area contributed by atoms with E-state index in [1.54, 1.807) is 24.3 Å². The maximum atomic E-state index is 13.6. The topological polar surface area (TPSA) is 96.5 Å². The predicted molar refractivity (Wildman–Crippen MR) is 115 cm³/mol. The lowest BCUT2D eigenvalue weighted by molar-refractivity contribution is -0.121. The van der Waals surface area contributed by atoms with Crippen molar-refractivity contribution >= 4 is 40.8 Å². The molecule has 0 aromatic heterocycles. The summed E-state index contributed by atoms with van der Waals surface area (Å²) in [6.45, 7) is -0.558. The SMILES string of the molecule is O=C(COc1ccc(Cl)cc1C(=O)Nc1ccccc1)NC(=O)Nc1ccccc1F. The van der Waals surface area contributed by atoms with E-state index in [1.165, 1.54) is 42.5 Å². The maximum absolute atomic E-state index is 13.6. The zero-order chi connectivity index (χ0) is 22.2. The van der Waals surface area contributed by atoms with Crippen molar-refractivity contribution in [3.63, 3.8) is 0 Å². The zero-order valence-electron chi connectivity index (χ0n) is 16.0. The normalized spacial score (nSPS) is 10.1. The summed E-state index contributed by atoms with van der Waals surface area (Å²) < 4.78 is 19.0. The molecule has 158 valence electrons. The molecule has 0 saturated carbocycles. The lowest BCUT2D eigenvalue weighted by Crippen LogP contribution is -2.37. The van der Waals surface area contributed by atoms with Crippen LogP contribution in [0.15, 0.2) is 72.8 Å². The van der Waals surface area contributed by atoms with E-state index < -0.39 is 30.3 Å². The molecule has 31 heavy (non-hydrogen) atoms. The first kappa shape index (κ1) is 21.8. The number of benzene rings is 3. The number of anilines is 2. The fourth-order valence-electron chi connectivity index (χ4n) is 2.55. The molecule has 3 N–H and O–H groups in total. The van der Waals surface area contributed by atoms with Crippen molar-refractivity contribution in [2.45, 2.75) is 0 Å². The van der Waals surface area contributed by atoms with E-state index in [1.807, 2.05) is 11.4 Å². The highest BCUT2D eigenvalue weighted by molar-refractivity contribution is 6.31. The van der Waals surface area contributed by atoms with Crippen molar-refractivity contribution in [2.75, 3.05) is 17.2 Å². The van der Waals surface area contributed by atoms with Gasteiger partial charge in [-0.05, 0) is 42.5 Å². The van der Waals surface area contributed by atoms with E-state index in [-0.39, 0.29) is 17.0 Å². The van der Waals surface area contributed by atoms with Crippen LogP contribution in [0.25, 0.3) is 0 Å². The van der Waals surface area contributed by atoms with Crippen LogP contribution in [0.2, 0.25) is 5.02 Å². The highest BCUT2D eigenvalue weighted by atomic mass is 35.5. The molecular weight excluding hydrogens is 425 g/mol. The van der Waals surface area contributed by atoms with Crippen LogP contribution < -0.4 is 20.7 Å². The molecule has 0 aliphatic rings. The molecule has 0 aliphatic heterocycles. The van der Waals surface area contributed by atoms with Crippen LogP contribution in [0.1, 0.15) is 10.4 Å². The van der Waals surface area contributed by atoms with E-state index in [0.29, 0.717) is 10.7 Å². The molecule has 7 nitrogen and oxygen atoms in total. The second-order valence-corrected chi connectivity index (χ2v) is 6.67. The minimum atomic E-state index is -0.920. The molecule has 0 fully saturated rings. The van der Waals surface area contributed by atoms with Gasteiger partial charge in [0.1, 0.15) is 11.6 Å². The van der Waals surface area contributed by atoms with E-state index >= 15 is 0 Å². The fraction of sp³-hybridized carbons (Fsp3) is 0.0455. The fourth-order valence-corrected chi connectivity index (χ4v) is 2.72. The third-order valence-corrected chi connectivity index (χ3v) is 4.19. The number of para-hydroxylation sites is 2. The van der Waals surface area contributed by atoms with Crippen molar-refractivity contribution < 1.29 is 23.5 Å². The number of urea groups is 1. The van der Waals surface area contributed by atoms with Gasteiger partial charge in [0, 0.05) is 10.7 Å². The van der Waals surface area contributed by atoms with Crippen LogP contribution in [-0.4, -0.2) is 24.5 Å². The minimum Gasteiger partial charge on any atom is -0.483 e. The third-order valence-electron chi connectivity index (χ3n) is 3.95. The molecule has 4 amide bonds. The summed E-state index contributed by atoms with van der Waals surface area (Å²) in [5.41, 5.74) is 0.604. The molecule has 0 heterocycles. The second kappa shape index (κ2) is 10.2. The molecule has 0 spiro atoms. The summed E-state index contributed by atoms with van der Waals surface area (Å²) in [4.78, 5) is 36.5. The van der Waals surface area contributed by atoms with Gasteiger partial charge in [-0.1, -0.05) is 41.9 Å². The highest BCUT2D eigenvalue weighted by Gasteiger charge is 2.16. The average Bonchev–Trinajstić information content (AvgIpc) is 2.75.